The number of alkyl halides is 3. The van der Waals surface area contributed by atoms with Gasteiger partial charge in [-0.1, -0.05) is 6.07 Å². The second-order valence-corrected chi connectivity index (χ2v) is 4.59. The third-order valence-electron chi connectivity index (χ3n) is 3.37. The number of anilines is 2. The highest BCUT2D eigenvalue weighted by Gasteiger charge is 2.37. The molecule has 106 valence electrons. The van der Waals surface area contributed by atoms with E-state index in [1.807, 2.05) is 6.07 Å². The summed E-state index contributed by atoms with van der Waals surface area (Å²) in [5.41, 5.74) is 0.325. The molecule has 1 aliphatic rings. The first-order chi connectivity index (χ1) is 10.0. The standard InChI is InChI=1S/C14H9F3N4/c15-14(16,17)11-2-1-3-12-10(11)6-7-21(12)13-5-4-9(8-18)19-20-13/h1-5H,6-7H2. The van der Waals surface area contributed by atoms with Gasteiger partial charge in [0, 0.05) is 12.2 Å². The maximum absolute atomic E-state index is 13.0. The summed E-state index contributed by atoms with van der Waals surface area (Å²) >= 11 is 0. The van der Waals surface area contributed by atoms with E-state index in [4.69, 9.17) is 5.26 Å². The van der Waals surface area contributed by atoms with Gasteiger partial charge in [-0.05, 0) is 36.2 Å². The highest BCUT2D eigenvalue weighted by Crippen LogP contribution is 2.41. The maximum atomic E-state index is 13.0. The van der Waals surface area contributed by atoms with Crippen molar-refractivity contribution in [3.63, 3.8) is 0 Å². The lowest BCUT2D eigenvalue weighted by atomic mass is 10.0. The molecular formula is C14H9F3N4. The van der Waals surface area contributed by atoms with Crippen LogP contribution in [0.4, 0.5) is 24.7 Å². The molecule has 0 N–H and O–H groups in total. The summed E-state index contributed by atoms with van der Waals surface area (Å²) in [6.07, 6.45) is -4.07. The highest BCUT2D eigenvalue weighted by molar-refractivity contribution is 5.69. The minimum Gasteiger partial charge on any atom is -0.324 e. The summed E-state index contributed by atoms with van der Waals surface area (Å²) in [6.45, 7) is 0.406. The third kappa shape index (κ3) is 2.29. The van der Waals surface area contributed by atoms with Crippen molar-refractivity contribution in [3.05, 3.63) is 47.2 Å². The van der Waals surface area contributed by atoms with Crippen LogP contribution in [0.25, 0.3) is 0 Å². The average Bonchev–Trinajstić information content (AvgIpc) is 2.90. The molecule has 21 heavy (non-hydrogen) atoms. The van der Waals surface area contributed by atoms with Gasteiger partial charge in [0.1, 0.15) is 6.07 Å². The van der Waals surface area contributed by atoms with E-state index in [1.54, 1.807) is 17.0 Å². The van der Waals surface area contributed by atoms with E-state index < -0.39 is 11.7 Å². The smallest absolute Gasteiger partial charge is 0.324 e. The molecule has 1 aromatic heterocycles. The molecule has 0 saturated heterocycles. The van der Waals surface area contributed by atoms with Crippen LogP contribution in [0.15, 0.2) is 30.3 Å². The Morgan fingerprint density at radius 3 is 2.57 bits per heavy atom. The molecule has 0 unspecified atom stereocenters. The number of aromatic nitrogens is 2. The summed E-state index contributed by atoms with van der Waals surface area (Å²) in [5, 5.41) is 16.3. The molecule has 0 spiro atoms. The van der Waals surface area contributed by atoms with E-state index >= 15 is 0 Å². The lowest BCUT2D eigenvalue weighted by Crippen LogP contribution is -2.15. The van der Waals surface area contributed by atoms with E-state index in [2.05, 4.69) is 10.2 Å². The van der Waals surface area contributed by atoms with E-state index in [0.29, 0.717) is 24.5 Å². The van der Waals surface area contributed by atoms with Crippen molar-refractivity contribution in [2.75, 3.05) is 11.4 Å². The van der Waals surface area contributed by atoms with Gasteiger partial charge < -0.3 is 4.90 Å². The van der Waals surface area contributed by atoms with Crippen LogP contribution in [0.2, 0.25) is 0 Å². The topological polar surface area (TPSA) is 52.8 Å². The van der Waals surface area contributed by atoms with Gasteiger partial charge in [-0.2, -0.15) is 18.4 Å². The summed E-state index contributed by atoms with van der Waals surface area (Å²) in [6, 6.07) is 9.04. The molecule has 0 radical (unpaired) electrons. The summed E-state index contributed by atoms with van der Waals surface area (Å²) in [4.78, 5) is 1.68. The molecule has 0 bridgehead atoms. The molecule has 3 rings (SSSR count). The molecule has 0 aliphatic carbocycles. The molecule has 0 fully saturated rings. The Morgan fingerprint density at radius 1 is 1.14 bits per heavy atom. The van der Waals surface area contributed by atoms with Crippen molar-refractivity contribution >= 4 is 11.5 Å². The Hall–Kier alpha value is -2.62. The van der Waals surface area contributed by atoms with Crippen molar-refractivity contribution < 1.29 is 13.2 Å². The molecule has 0 amide bonds. The Balaban J connectivity index is 2.03. The Kier molecular flexibility index (Phi) is 3.01. The number of nitriles is 1. The third-order valence-corrected chi connectivity index (χ3v) is 3.37. The van der Waals surface area contributed by atoms with Gasteiger partial charge >= 0.3 is 6.18 Å². The summed E-state index contributed by atoms with van der Waals surface area (Å²) < 4.78 is 39.0. The Morgan fingerprint density at radius 2 is 1.95 bits per heavy atom. The molecule has 0 atom stereocenters. The first kappa shape index (κ1) is 13.4. The van der Waals surface area contributed by atoms with Crippen LogP contribution in [0.5, 0.6) is 0 Å². The van der Waals surface area contributed by atoms with Crippen LogP contribution < -0.4 is 4.90 Å². The first-order valence-electron chi connectivity index (χ1n) is 6.21. The number of benzene rings is 1. The fourth-order valence-corrected chi connectivity index (χ4v) is 2.47. The van der Waals surface area contributed by atoms with Crippen molar-refractivity contribution in [2.24, 2.45) is 0 Å². The van der Waals surface area contributed by atoms with E-state index in [0.717, 1.165) is 6.07 Å². The predicted octanol–water partition coefficient (Wildman–Crippen LogP) is 3.06. The lowest BCUT2D eigenvalue weighted by molar-refractivity contribution is -0.138. The Bertz CT molecular complexity index is 716. The fraction of sp³-hybridized carbons (Fsp3) is 0.214. The van der Waals surface area contributed by atoms with Crippen LogP contribution >= 0.6 is 0 Å². The molecule has 1 aliphatic heterocycles. The minimum absolute atomic E-state index is 0.169. The highest BCUT2D eigenvalue weighted by atomic mass is 19.4. The van der Waals surface area contributed by atoms with Gasteiger partial charge in [-0.25, -0.2) is 0 Å². The summed E-state index contributed by atoms with van der Waals surface area (Å²) in [7, 11) is 0. The number of fused-ring (bicyclic) bond motifs is 1. The van der Waals surface area contributed by atoms with Crippen LogP contribution in [-0.2, 0) is 12.6 Å². The van der Waals surface area contributed by atoms with Crippen LogP contribution in [0.1, 0.15) is 16.8 Å². The van der Waals surface area contributed by atoms with Gasteiger partial charge in [-0.3, -0.25) is 0 Å². The number of hydrogen-bond donors (Lipinski definition) is 0. The molecule has 2 aromatic rings. The first-order valence-corrected chi connectivity index (χ1v) is 6.21. The molecule has 1 aromatic carbocycles. The fourth-order valence-electron chi connectivity index (χ4n) is 2.47. The molecule has 0 saturated carbocycles. The minimum atomic E-state index is -4.36. The zero-order valence-corrected chi connectivity index (χ0v) is 10.7. The number of nitrogens with zero attached hydrogens (tertiary/aromatic N) is 4. The average molecular weight is 290 g/mol. The van der Waals surface area contributed by atoms with Gasteiger partial charge in [0.05, 0.1) is 5.56 Å². The van der Waals surface area contributed by atoms with Crippen molar-refractivity contribution in [2.45, 2.75) is 12.6 Å². The maximum Gasteiger partial charge on any atom is 0.416 e. The Labute approximate surface area is 118 Å². The lowest BCUT2D eigenvalue weighted by Gasteiger charge is -2.18. The predicted molar refractivity (Wildman–Crippen MR) is 68.9 cm³/mol. The van der Waals surface area contributed by atoms with Crippen molar-refractivity contribution in [1.29, 1.82) is 5.26 Å². The van der Waals surface area contributed by atoms with E-state index in [9.17, 15) is 13.2 Å². The zero-order chi connectivity index (χ0) is 15.0. The number of halogens is 3. The van der Waals surface area contributed by atoms with Gasteiger partial charge in [0.2, 0.25) is 0 Å². The largest absolute Gasteiger partial charge is 0.416 e. The second kappa shape index (κ2) is 4.74. The summed E-state index contributed by atoms with van der Waals surface area (Å²) in [5.74, 6) is 0.437. The van der Waals surface area contributed by atoms with E-state index in [1.165, 1.54) is 12.1 Å². The van der Waals surface area contributed by atoms with Crippen LogP contribution in [0, 0.1) is 11.3 Å². The normalized spacial score (nSPS) is 13.9. The quantitative estimate of drug-likeness (QED) is 0.810. The van der Waals surface area contributed by atoms with Gasteiger partial charge in [0.15, 0.2) is 11.5 Å². The number of rotatable bonds is 1. The second-order valence-electron chi connectivity index (χ2n) is 4.59. The molecule has 7 heteroatoms. The van der Waals surface area contributed by atoms with Crippen molar-refractivity contribution in [1.82, 2.24) is 10.2 Å². The monoisotopic (exact) mass is 290 g/mol. The van der Waals surface area contributed by atoms with Crippen LogP contribution in [0.3, 0.4) is 0 Å². The van der Waals surface area contributed by atoms with Crippen LogP contribution in [-0.4, -0.2) is 16.7 Å². The van der Waals surface area contributed by atoms with Gasteiger partial charge in [0.25, 0.3) is 0 Å². The molecular weight excluding hydrogens is 281 g/mol. The molecule has 4 nitrogen and oxygen atoms in total. The zero-order valence-electron chi connectivity index (χ0n) is 10.7. The number of hydrogen-bond acceptors (Lipinski definition) is 4. The molecule has 2 heterocycles. The van der Waals surface area contributed by atoms with E-state index in [-0.39, 0.29) is 11.3 Å². The van der Waals surface area contributed by atoms with Gasteiger partial charge in [-0.15, -0.1) is 10.2 Å². The van der Waals surface area contributed by atoms with Crippen molar-refractivity contribution in [3.8, 4) is 6.07 Å². The SMILES string of the molecule is N#Cc1ccc(N2CCc3c2cccc3C(F)(F)F)nn1.